The van der Waals surface area contributed by atoms with E-state index in [4.69, 9.17) is 11.6 Å². The lowest BCUT2D eigenvalue weighted by Crippen LogP contribution is -2.03. The number of ether oxygens (including phenoxy) is 1. The summed E-state index contributed by atoms with van der Waals surface area (Å²) in [6, 6.07) is 9.36. The van der Waals surface area contributed by atoms with E-state index in [1.165, 1.54) is 25.9 Å². The summed E-state index contributed by atoms with van der Waals surface area (Å²) in [6.07, 6.45) is 2.78. The monoisotopic (exact) mass is 277 g/mol. The molecule has 3 nitrogen and oxygen atoms in total. The van der Waals surface area contributed by atoms with E-state index in [9.17, 15) is 4.79 Å². The van der Waals surface area contributed by atoms with Crippen LogP contribution in [-0.4, -0.2) is 18.5 Å². The summed E-state index contributed by atoms with van der Waals surface area (Å²) in [6.45, 7) is 2.74. The van der Waals surface area contributed by atoms with Crippen LogP contribution in [0.4, 0.5) is 4.79 Å². The highest BCUT2D eigenvalue weighted by atomic mass is 35.5. The smallest absolute Gasteiger partial charge is 0.404 e. The molecule has 5 heteroatoms. The second-order valence-corrected chi connectivity index (χ2v) is 3.78. The largest absolute Gasteiger partial charge is 0.449 e. The van der Waals surface area contributed by atoms with Crippen LogP contribution in [-0.2, 0) is 11.3 Å². The van der Waals surface area contributed by atoms with Crippen molar-refractivity contribution in [1.82, 2.24) is 5.32 Å². The third-order valence-corrected chi connectivity index (χ3v) is 2.26. The Hall–Kier alpha value is -0.770. The van der Waals surface area contributed by atoms with E-state index in [0.717, 1.165) is 5.56 Å². The van der Waals surface area contributed by atoms with Crippen LogP contribution in [0, 0.1) is 0 Å². The van der Waals surface area contributed by atoms with Gasteiger partial charge in [0.25, 0.3) is 0 Å². The molecule has 96 valence electrons. The van der Waals surface area contributed by atoms with Crippen LogP contribution in [0.15, 0.2) is 30.3 Å². The van der Waals surface area contributed by atoms with Crippen molar-refractivity contribution in [2.75, 3.05) is 13.1 Å². The van der Waals surface area contributed by atoms with Gasteiger partial charge in [0, 0.05) is 11.6 Å². The van der Waals surface area contributed by atoms with Crippen molar-refractivity contribution in [3.63, 3.8) is 0 Å². The molecular weight excluding hydrogens is 261 g/mol. The van der Waals surface area contributed by atoms with Crippen molar-refractivity contribution >= 4 is 29.4 Å². The third kappa shape index (κ3) is 8.98. The van der Waals surface area contributed by atoms with E-state index in [-0.39, 0.29) is 19.0 Å². The molecule has 1 saturated heterocycles. The van der Waals surface area contributed by atoms with E-state index in [2.05, 4.69) is 10.1 Å². The standard InChI is InChI=1S/C8H7ClO2.C4H9N.ClH/c9-8(10)11-6-7-4-2-1-3-5-7;1-2-4-5-3-1;/h1-5H,6H2;5H,1-4H2;1H. The molecule has 0 aliphatic carbocycles. The average molecular weight is 278 g/mol. The zero-order valence-electron chi connectivity index (χ0n) is 9.52. The first kappa shape index (κ1) is 16.2. The third-order valence-electron chi connectivity index (χ3n) is 2.15. The van der Waals surface area contributed by atoms with Gasteiger partial charge in [-0.3, -0.25) is 0 Å². The van der Waals surface area contributed by atoms with Crippen LogP contribution in [0.1, 0.15) is 18.4 Å². The highest BCUT2D eigenvalue weighted by Crippen LogP contribution is 2.01. The van der Waals surface area contributed by atoms with Gasteiger partial charge in [0.15, 0.2) is 0 Å². The SMILES string of the molecule is C1CCNC1.Cl.O=C(Cl)OCc1ccccc1. The topological polar surface area (TPSA) is 38.3 Å². The number of rotatable bonds is 2. The lowest BCUT2D eigenvalue weighted by atomic mass is 10.2. The predicted molar refractivity (Wildman–Crippen MR) is 71.8 cm³/mol. The maximum atomic E-state index is 10.2. The van der Waals surface area contributed by atoms with Crippen LogP contribution in [0.2, 0.25) is 0 Å². The van der Waals surface area contributed by atoms with Gasteiger partial charge in [0.05, 0.1) is 0 Å². The van der Waals surface area contributed by atoms with E-state index in [1.807, 2.05) is 30.3 Å². The lowest BCUT2D eigenvalue weighted by molar-refractivity contribution is 0.167. The second-order valence-electron chi connectivity index (χ2n) is 3.47. The van der Waals surface area contributed by atoms with Gasteiger partial charge in [-0.15, -0.1) is 12.4 Å². The van der Waals surface area contributed by atoms with Crippen molar-refractivity contribution in [2.45, 2.75) is 19.4 Å². The molecule has 1 N–H and O–H groups in total. The highest BCUT2D eigenvalue weighted by Gasteiger charge is 1.95. The van der Waals surface area contributed by atoms with Crippen molar-refractivity contribution in [3.8, 4) is 0 Å². The summed E-state index contributed by atoms with van der Waals surface area (Å²) in [5, 5.41) is 3.22. The fourth-order valence-corrected chi connectivity index (χ4v) is 1.39. The van der Waals surface area contributed by atoms with Gasteiger partial charge in [-0.2, -0.15) is 0 Å². The number of nitrogens with one attached hydrogen (secondary N) is 1. The fourth-order valence-electron chi connectivity index (χ4n) is 1.34. The maximum Gasteiger partial charge on any atom is 0.404 e. The van der Waals surface area contributed by atoms with Gasteiger partial charge >= 0.3 is 5.43 Å². The van der Waals surface area contributed by atoms with Crippen molar-refractivity contribution in [2.24, 2.45) is 0 Å². The molecule has 0 radical (unpaired) electrons. The quantitative estimate of drug-likeness (QED) is 0.843. The van der Waals surface area contributed by atoms with Crippen molar-refractivity contribution in [3.05, 3.63) is 35.9 Å². The van der Waals surface area contributed by atoms with Gasteiger partial charge in [-0.1, -0.05) is 30.3 Å². The maximum absolute atomic E-state index is 10.2. The molecule has 1 aromatic carbocycles. The Kier molecular flexibility index (Phi) is 9.92. The Morgan fingerprint density at radius 1 is 1.24 bits per heavy atom. The summed E-state index contributed by atoms with van der Waals surface area (Å²) in [5.41, 5.74) is 0.162. The highest BCUT2D eigenvalue weighted by molar-refractivity contribution is 6.61. The summed E-state index contributed by atoms with van der Waals surface area (Å²) < 4.78 is 4.55. The van der Waals surface area contributed by atoms with E-state index in [1.54, 1.807) is 0 Å². The first-order valence-corrected chi connectivity index (χ1v) is 5.74. The molecule has 1 aromatic rings. The van der Waals surface area contributed by atoms with Crippen LogP contribution in [0.3, 0.4) is 0 Å². The van der Waals surface area contributed by atoms with Gasteiger partial charge in [-0.25, -0.2) is 4.79 Å². The van der Waals surface area contributed by atoms with Crippen molar-refractivity contribution in [1.29, 1.82) is 0 Å². The van der Waals surface area contributed by atoms with Crippen LogP contribution < -0.4 is 5.32 Å². The molecule has 1 aliphatic heterocycles. The molecule has 1 fully saturated rings. The normalized spacial score (nSPS) is 13.0. The minimum absolute atomic E-state index is 0. The first-order valence-electron chi connectivity index (χ1n) is 5.36. The minimum Gasteiger partial charge on any atom is -0.449 e. The van der Waals surface area contributed by atoms with E-state index >= 15 is 0 Å². The van der Waals surface area contributed by atoms with Gasteiger partial charge in [0.2, 0.25) is 0 Å². The molecule has 0 aromatic heterocycles. The summed E-state index contributed by atoms with van der Waals surface area (Å²) >= 11 is 4.97. The number of carbonyl (C=O) groups excluding carboxylic acids is 1. The Morgan fingerprint density at radius 2 is 1.82 bits per heavy atom. The first-order chi connectivity index (χ1) is 7.79. The van der Waals surface area contributed by atoms with Crippen molar-refractivity contribution < 1.29 is 9.53 Å². The van der Waals surface area contributed by atoms with Crippen LogP contribution in [0.25, 0.3) is 0 Å². The second kappa shape index (κ2) is 10.4. The molecule has 0 saturated carbocycles. The summed E-state index contributed by atoms with van der Waals surface area (Å²) in [7, 11) is 0. The number of carbonyl (C=O) groups is 1. The number of halogens is 2. The van der Waals surface area contributed by atoms with E-state index < -0.39 is 5.43 Å². The molecule has 17 heavy (non-hydrogen) atoms. The minimum atomic E-state index is -0.770. The van der Waals surface area contributed by atoms with Gasteiger partial charge in [-0.05, 0) is 31.5 Å². The number of hydrogen-bond donors (Lipinski definition) is 1. The van der Waals surface area contributed by atoms with E-state index in [0.29, 0.717) is 0 Å². The van der Waals surface area contributed by atoms with Crippen LogP contribution in [0.5, 0.6) is 0 Å². The average Bonchev–Trinajstić information content (AvgIpc) is 2.86. The summed E-state index contributed by atoms with van der Waals surface area (Å²) in [4.78, 5) is 10.2. The Balaban J connectivity index is 0.000000360. The Bertz CT molecular complexity index is 295. The lowest BCUT2D eigenvalue weighted by Gasteiger charge is -1.98. The predicted octanol–water partition coefficient (Wildman–Crippen LogP) is 3.35. The van der Waals surface area contributed by atoms with Gasteiger partial charge < -0.3 is 10.1 Å². The molecule has 0 spiro atoms. The molecule has 0 bridgehead atoms. The number of hydrogen-bond acceptors (Lipinski definition) is 3. The Labute approximate surface area is 113 Å². The molecule has 0 atom stereocenters. The van der Waals surface area contributed by atoms with Gasteiger partial charge in [0.1, 0.15) is 6.61 Å². The van der Waals surface area contributed by atoms with Crippen LogP contribution >= 0.6 is 24.0 Å². The number of benzene rings is 1. The molecular formula is C12H17Cl2NO2. The molecule has 0 amide bonds. The summed E-state index contributed by atoms with van der Waals surface area (Å²) in [5.74, 6) is 0. The molecule has 1 heterocycles. The zero-order valence-corrected chi connectivity index (χ0v) is 11.1. The molecule has 2 rings (SSSR count). The zero-order chi connectivity index (χ0) is 11.6. The Morgan fingerprint density at radius 3 is 2.24 bits per heavy atom. The molecule has 0 unspecified atom stereocenters. The fraction of sp³-hybridized carbons (Fsp3) is 0.417. The molecule has 1 aliphatic rings.